The van der Waals surface area contributed by atoms with Gasteiger partial charge < -0.3 is 4.74 Å². The fraction of sp³-hybridized carbons (Fsp3) is 0.846. The van der Waals surface area contributed by atoms with Gasteiger partial charge in [-0.1, -0.05) is 13.8 Å². The van der Waals surface area contributed by atoms with E-state index in [9.17, 15) is 9.59 Å². The molecule has 0 rings (SSSR count). The highest BCUT2D eigenvalue weighted by Crippen LogP contribution is 2.14. The minimum atomic E-state index is -0.260. The average Bonchev–Trinajstić information content (AvgIpc) is 2.27. The molecule has 0 aliphatic carbocycles. The van der Waals surface area contributed by atoms with Gasteiger partial charge in [0.05, 0.1) is 13.2 Å². The summed E-state index contributed by atoms with van der Waals surface area (Å²) in [4.78, 5) is 25.3. The van der Waals surface area contributed by atoms with Crippen molar-refractivity contribution in [1.82, 2.24) is 4.90 Å². The van der Waals surface area contributed by atoms with Crippen LogP contribution >= 0.6 is 0 Å². The van der Waals surface area contributed by atoms with Gasteiger partial charge >= 0.3 is 5.97 Å². The highest BCUT2D eigenvalue weighted by Gasteiger charge is 2.27. The Hall–Kier alpha value is -0.900. The number of esters is 1. The quantitative estimate of drug-likeness (QED) is 0.640. The Kier molecular flexibility index (Phi) is 7.04. The number of carbonyl (C=O) groups is 2. The number of Topliss-reactive ketones (excluding diaryl/α,β-unsaturated/α-hetero) is 1. The van der Waals surface area contributed by atoms with Crippen LogP contribution in [0.4, 0.5) is 0 Å². The molecule has 0 bridgehead atoms. The molecule has 0 N–H and O–H groups in total. The first kappa shape index (κ1) is 16.1. The third-order valence-electron chi connectivity index (χ3n) is 3.05. The number of rotatable bonds is 7. The zero-order chi connectivity index (χ0) is 13.6. The van der Waals surface area contributed by atoms with Crippen LogP contribution in [0.2, 0.25) is 0 Å². The molecule has 0 saturated carbocycles. The van der Waals surface area contributed by atoms with E-state index < -0.39 is 0 Å². The van der Waals surface area contributed by atoms with Crippen molar-refractivity contribution in [2.24, 2.45) is 5.92 Å². The summed E-state index contributed by atoms with van der Waals surface area (Å²) in [7, 11) is 3.29. The molecule has 1 atom stereocenters. The molecule has 4 nitrogen and oxygen atoms in total. The van der Waals surface area contributed by atoms with Crippen LogP contribution in [0.25, 0.3) is 0 Å². The summed E-state index contributed by atoms with van der Waals surface area (Å²) in [6.07, 6.45) is 0.815. The highest BCUT2D eigenvalue weighted by atomic mass is 16.5. The van der Waals surface area contributed by atoms with E-state index >= 15 is 0 Å². The first-order chi connectivity index (χ1) is 7.81. The fourth-order valence-corrected chi connectivity index (χ4v) is 1.65. The second kappa shape index (κ2) is 7.43. The van der Waals surface area contributed by atoms with Gasteiger partial charge in [0.25, 0.3) is 0 Å². The second-order valence-electron chi connectivity index (χ2n) is 4.95. The standard InChI is InChI=1S/C13H25NO3/c1-9(2)13(16)11(14(5)10(3)4)7-8-12(15)17-6/h9-11H,7-8H2,1-6H3. The molecule has 0 radical (unpaired) electrons. The van der Waals surface area contributed by atoms with Crippen molar-refractivity contribution in [3.8, 4) is 0 Å². The molecule has 0 aromatic carbocycles. The molecule has 0 heterocycles. The number of hydrogen-bond donors (Lipinski definition) is 0. The maximum absolute atomic E-state index is 12.1. The third kappa shape index (κ3) is 5.31. The normalized spacial score (nSPS) is 13.2. The highest BCUT2D eigenvalue weighted by molar-refractivity contribution is 5.86. The maximum atomic E-state index is 12.1. The van der Waals surface area contributed by atoms with E-state index in [-0.39, 0.29) is 36.2 Å². The second-order valence-corrected chi connectivity index (χ2v) is 4.95. The smallest absolute Gasteiger partial charge is 0.305 e. The van der Waals surface area contributed by atoms with E-state index in [1.807, 2.05) is 39.6 Å². The molecule has 4 heteroatoms. The van der Waals surface area contributed by atoms with E-state index in [4.69, 9.17) is 0 Å². The van der Waals surface area contributed by atoms with E-state index in [2.05, 4.69) is 4.74 Å². The van der Waals surface area contributed by atoms with Gasteiger partial charge in [0.15, 0.2) is 5.78 Å². The predicted octanol–water partition coefficient (Wildman–Crippen LogP) is 1.87. The Morgan fingerprint density at radius 1 is 1.18 bits per heavy atom. The van der Waals surface area contributed by atoms with E-state index in [1.54, 1.807) is 0 Å². The lowest BCUT2D eigenvalue weighted by Gasteiger charge is -2.31. The average molecular weight is 243 g/mol. The van der Waals surface area contributed by atoms with Crippen molar-refractivity contribution in [2.75, 3.05) is 14.2 Å². The van der Waals surface area contributed by atoms with Crippen molar-refractivity contribution < 1.29 is 14.3 Å². The van der Waals surface area contributed by atoms with Gasteiger partial charge in [0.2, 0.25) is 0 Å². The summed E-state index contributed by atoms with van der Waals surface area (Å²) < 4.78 is 4.61. The Morgan fingerprint density at radius 2 is 1.71 bits per heavy atom. The topological polar surface area (TPSA) is 46.6 Å². The van der Waals surface area contributed by atoms with Crippen LogP contribution in [-0.4, -0.2) is 42.9 Å². The summed E-state index contributed by atoms with van der Waals surface area (Å²) in [5, 5.41) is 0. The number of carbonyl (C=O) groups excluding carboxylic acids is 2. The van der Waals surface area contributed by atoms with Gasteiger partial charge in [-0.05, 0) is 27.3 Å². The molecular formula is C13H25NO3. The lowest BCUT2D eigenvalue weighted by Crippen LogP contribution is -2.44. The lowest BCUT2D eigenvalue weighted by atomic mass is 9.96. The van der Waals surface area contributed by atoms with Gasteiger partial charge in [-0.3, -0.25) is 14.5 Å². The molecule has 0 amide bonds. The minimum absolute atomic E-state index is 0.0150. The molecule has 0 aliphatic rings. The molecule has 0 aliphatic heterocycles. The Balaban J connectivity index is 4.62. The lowest BCUT2D eigenvalue weighted by molar-refractivity contribution is -0.141. The van der Waals surface area contributed by atoms with Crippen molar-refractivity contribution in [1.29, 1.82) is 0 Å². The van der Waals surface area contributed by atoms with Crippen LogP contribution in [0.15, 0.2) is 0 Å². The summed E-state index contributed by atoms with van der Waals surface area (Å²) in [6, 6.07) is 0.0782. The van der Waals surface area contributed by atoms with Crippen LogP contribution in [0.1, 0.15) is 40.5 Å². The molecule has 0 aromatic rings. The number of hydrogen-bond acceptors (Lipinski definition) is 4. The summed E-state index contributed by atoms with van der Waals surface area (Å²) in [5.41, 5.74) is 0. The predicted molar refractivity (Wildman–Crippen MR) is 67.8 cm³/mol. The summed E-state index contributed by atoms with van der Waals surface area (Å²) >= 11 is 0. The summed E-state index contributed by atoms with van der Waals surface area (Å²) in [5.74, 6) is -0.0901. The van der Waals surface area contributed by atoms with Crippen LogP contribution in [0.5, 0.6) is 0 Å². The zero-order valence-corrected chi connectivity index (χ0v) is 11.8. The first-order valence-corrected chi connectivity index (χ1v) is 6.13. The number of ketones is 1. The number of likely N-dealkylation sites (N-methyl/N-ethyl adjacent to an activating group) is 1. The number of nitrogens with zero attached hydrogens (tertiary/aromatic N) is 1. The molecule has 1 unspecified atom stereocenters. The fourth-order valence-electron chi connectivity index (χ4n) is 1.65. The largest absolute Gasteiger partial charge is 0.469 e. The van der Waals surface area contributed by atoms with Crippen LogP contribution < -0.4 is 0 Å². The van der Waals surface area contributed by atoms with Crippen molar-refractivity contribution in [3.63, 3.8) is 0 Å². The van der Waals surface area contributed by atoms with E-state index in [0.717, 1.165) is 0 Å². The number of methoxy groups -OCH3 is 1. The molecule has 0 saturated heterocycles. The van der Waals surface area contributed by atoms with Crippen LogP contribution in [0, 0.1) is 5.92 Å². The minimum Gasteiger partial charge on any atom is -0.469 e. The van der Waals surface area contributed by atoms with Crippen LogP contribution in [0.3, 0.4) is 0 Å². The van der Waals surface area contributed by atoms with Crippen molar-refractivity contribution in [2.45, 2.75) is 52.6 Å². The van der Waals surface area contributed by atoms with Gasteiger partial charge in [-0.2, -0.15) is 0 Å². The third-order valence-corrected chi connectivity index (χ3v) is 3.05. The zero-order valence-electron chi connectivity index (χ0n) is 11.8. The SMILES string of the molecule is COC(=O)CCC(C(=O)C(C)C)N(C)C(C)C. The first-order valence-electron chi connectivity index (χ1n) is 6.13. The Bertz CT molecular complexity index is 261. The van der Waals surface area contributed by atoms with Gasteiger partial charge in [-0.15, -0.1) is 0 Å². The van der Waals surface area contributed by atoms with E-state index in [1.165, 1.54) is 7.11 Å². The molecule has 17 heavy (non-hydrogen) atoms. The Labute approximate surface area is 104 Å². The van der Waals surface area contributed by atoms with Crippen molar-refractivity contribution in [3.05, 3.63) is 0 Å². The molecule has 0 fully saturated rings. The van der Waals surface area contributed by atoms with Crippen molar-refractivity contribution >= 4 is 11.8 Å². The maximum Gasteiger partial charge on any atom is 0.305 e. The molecule has 100 valence electrons. The number of ether oxygens (including phenoxy) is 1. The van der Waals surface area contributed by atoms with Crippen LogP contribution in [-0.2, 0) is 14.3 Å². The van der Waals surface area contributed by atoms with Gasteiger partial charge in [-0.25, -0.2) is 0 Å². The monoisotopic (exact) mass is 243 g/mol. The van der Waals surface area contributed by atoms with E-state index in [0.29, 0.717) is 6.42 Å². The summed E-state index contributed by atoms with van der Waals surface area (Å²) in [6.45, 7) is 7.86. The van der Waals surface area contributed by atoms with Gasteiger partial charge in [0, 0.05) is 18.4 Å². The molecular weight excluding hydrogens is 218 g/mol. The molecule has 0 spiro atoms. The molecule has 0 aromatic heterocycles. The Morgan fingerprint density at radius 3 is 2.06 bits per heavy atom. The van der Waals surface area contributed by atoms with Gasteiger partial charge in [0.1, 0.15) is 0 Å².